The zero-order valence-corrected chi connectivity index (χ0v) is 19.2. The molecular formula is C26H33N3O4. The maximum absolute atomic E-state index is 12.8. The first-order chi connectivity index (χ1) is 16.1. The smallest absolute Gasteiger partial charge is 0.253 e. The average molecular weight is 452 g/mol. The quantitative estimate of drug-likeness (QED) is 0.630. The summed E-state index contributed by atoms with van der Waals surface area (Å²) in [6.07, 6.45) is 4.35. The van der Waals surface area contributed by atoms with Gasteiger partial charge < -0.3 is 25.0 Å². The van der Waals surface area contributed by atoms with Crippen molar-refractivity contribution in [1.29, 1.82) is 0 Å². The summed E-state index contributed by atoms with van der Waals surface area (Å²) in [4.78, 5) is 27.2. The number of piperidine rings is 1. The zero-order chi connectivity index (χ0) is 23.0. The molecule has 176 valence electrons. The summed E-state index contributed by atoms with van der Waals surface area (Å²) in [6, 6.07) is 14.7. The number of ether oxygens (including phenoxy) is 2. The Morgan fingerprint density at radius 3 is 2.64 bits per heavy atom. The van der Waals surface area contributed by atoms with Crippen LogP contribution < -0.4 is 15.4 Å². The van der Waals surface area contributed by atoms with E-state index in [0.29, 0.717) is 23.8 Å². The van der Waals surface area contributed by atoms with Crippen LogP contribution in [-0.2, 0) is 9.53 Å². The van der Waals surface area contributed by atoms with Crippen molar-refractivity contribution in [3.8, 4) is 5.75 Å². The van der Waals surface area contributed by atoms with Gasteiger partial charge in [-0.1, -0.05) is 19.1 Å². The normalized spacial score (nSPS) is 18.7. The van der Waals surface area contributed by atoms with Gasteiger partial charge in [0.15, 0.2) is 0 Å². The third kappa shape index (κ3) is 6.71. The minimum atomic E-state index is -0.183. The molecule has 1 unspecified atom stereocenters. The molecule has 2 heterocycles. The molecule has 0 spiro atoms. The van der Waals surface area contributed by atoms with Crippen LogP contribution >= 0.6 is 0 Å². The third-order valence-corrected chi connectivity index (χ3v) is 6.21. The molecule has 7 heteroatoms. The Balaban J connectivity index is 1.26. The van der Waals surface area contributed by atoms with Crippen molar-refractivity contribution < 1.29 is 19.1 Å². The molecule has 2 fully saturated rings. The number of anilines is 2. The van der Waals surface area contributed by atoms with Gasteiger partial charge in [0, 0.05) is 42.7 Å². The van der Waals surface area contributed by atoms with Gasteiger partial charge in [0.05, 0.1) is 12.6 Å². The van der Waals surface area contributed by atoms with Crippen molar-refractivity contribution in [2.75, 3.05) is 43.5 Å². The summed E-state index contributed by atoms with van der Waals surface area (Å²) < 4.78 is 11.4. The summed E-state index contributed by atoms with van der Waals surface area (Å²) in [5.41, 5.74) is 2.02. The topological polar surface area (TPSA) is 79.9 Å². The Hall–Kier alpha value is -3.06. The minimum absolute atomic E-state index is 0.0240. The summed E-state index contributed by atoms with van der Waals surface area (Å²) in [6.45, 7) is 5.25. The number of carbonyl (C=O) groups is 2. The zero-order valence-electron chi connectivity index (χ0n) is 19.2. The first kappa shape index (κ1) is 23.1. The van der Waals surface area contributed by atoms with Crippen molar-refractivity contribution in [2.45, 2.75) is 38.7 Å². The summed E-state index contributed by atoms with van der Waals surface area (Å²) in [5.74, 6) is 1.25. The molecule has 2 aromatic carbocycles. The molecule has 2 amide bonds. The van der Waals surface area contributed by atoms with Crippen LogP contribution in [0, 0.1) is 5.92 Å². The van der Waals surface area contributed by atoms with Crippen LogP contribution in [-0.4, -0.2) is 55.7 Å². The van der Waals surface area contributed by atoms with Crippen LogP contribution in [0.3, 0.4) is 0 Å². The van der Waals surface area contributed by atoms with Crippen molar-refractivity contribution in [3.05, 3.63) is 54.1 Å². The summed E-state index contributed by atoms with van der Waals surface area (Å²) >= 11 is 0. The van der Waals surface area contributed by atoms with Crippen LogP contribution in [0.2, 0.25) is 0 Å². The molecule has 2 saturated heterocycles. The Kier molecular flexibility index (Phi) is 7.83. The standard InChI is InChI=1S/C26H33N3O4/c1-19-10-12-29(13-11-19)26(31)20-5-2-7-22(15-20)28-25(30)17-27-21-6-3-8-23(16-21)33-18-24-9-4-14-32-24/h2-3,5-8,15-16,19,24,27H,4,9-14,17-18H2,1H3,(H,28,30). The predicted molar refractivity (Wildman–Crippen MR) is 129 cm³/mol. The molecule has 33 heavy (non-hydrogen) atoms. The van der Waals surface area contributed by atoms with Crippen LogP contribution in [0.4, 0.5) is 11.4 Å². The van der Waals surface area contributed by atoms with Gasteiger partial charge in [-0.25, -0.2) is 0 Å². The van der Waals surface area contributed by atoms with E-state index in [0.717, 1.165) is 56.8 Å². The number of nitrogens with one attached hydrogen (secondary N) is 2. The highest BCUT2D eigenvalue weighted by Gasteiger charge is 2.21. The number of hydrogen-bond acceptors (Lipinski definition) is 5. The number of carbonyl (C=O) groups excluding carboxylic acids is 2. The molecule has 2 N–H and O–H groups in total. The Morgan fingerprint density at radius 2 is 1.85 bits per heavy atom. The lowest BCUT2D eigenvalue weighted by atomic mass is 9.98. The molecule has 7 nitrogen and oxygen atoms in total. The monoisotopic (exact) mass is 451 g/mol. The largest absolute Gasteiger partial charge is 0.491 e. The lowest BCUT2D eigenvalue weighted by molar-refractivity contribution is -0.114. The fourth-order valence-corrected chi connectivity index (χ4v) is 4.17. The van der Waals surface area contributed by atoms with Crippen molar-refractivity contribution in [3.63, 3.8) is 0 Å². The van der Waals surface area contributed by atoms with Crippen LogP contribution in [0.25, 0.3) is 0 Å². The van der Waals surface area contributed by atoms with E-state index >= 15 is 0 Å². The first-order valence-electron chi connectivity index (χ1n) is 11.8. The number of hydrogen-bond donors (Lipinski definition) is 2. The number of rotatable bonds is 8. The Bertz CT molecular complexity index is 950. The van der Waals surface area contributed by atoms with Crippen LogP contribution in [0.5, 0.6) is 5.75 Å². The molecule has 0 aromatic heterocycles. The Morgan fingerprint density at radius 1 is 1.06 bits per heavy atom. The van der Waals surface area contributed by atoms with Gasteiger partial charge in [0.25, 0.3) is 5.91 Å². The lowest BCUT2D eigenvalue weighted by Crippen LogP contribution is -2.37. The Labute approximate surface area is 195 Å². The van der Waals surface area contributed by atoms with E-state index < -0.39 is 0 Å². The maximum Gasteiger partial charge on any atom is 0.253 e. The molecule has 0 aliphatic carbocycles. The number of likely N-dealkylation sites (tertiary alicyclic amines) is 1. The highest BCUT2D eigenvalue weighted by atomic mass is 16.5. The fraction of sp³-hybridized carbons (Fsp3) is 0.462. The van der Waals surface area contributed by atoms with Gasteiger partial charge >= 0.3 is 0 Å². The second kappa shape index (κ2) is 11.2. The van der Waals surface area contributed by atoms with E-state index in [1.54, 1.807) is 24.3 Å². The molecule has 0 saturated carbocycles. The average Bonchev–Trinajstić information content (AvgIpc) is 3.36. The molecule has 0 bridgehead atoms. The molecule has 2 aliphatic rings. The predicted octanol–water partition coefficient (Wildman–Crippen LogP) is 4.17. The van der Waals surface area contributed by atoms with Crippen molar-refractivity contribution in [1.82, 2.24) is 4.90 Å². The fourth-order valence-electron chi connectivity index (χ4n) is 4.17. The van der Waals surface area contributed by atoms with Crippen molar-refractivity contribution >= 4 is 23.2 Å². The van der Waals surface area contributed by atoms with E-state index in [4.69, 9.17) is 9.47 Å². The number of nitrogens with zero attached hydrogens (tertiary/aromatic N) is 1. The first-order valence-corrected chi connectivity index (χ1v) is 11.8. The molecular weight excluding hydrogens is 418 g/mol. The molecule has 2 aliphatic heterocycles. The van der Waals surface area contributed by atoms with E-state index in [1.165, 1.54) is 0 Å². The van der Waals surface area contributed by atoms with Gasteiger partial charge in [-0.3, -0.25) is 9.59 Å². The molecule has 1 atom stereocenters. The van der Waals surface area contributed by atoms with E-state index in [1.807, 2.05) is 29.2 Å². The van der Waals surface area contributed by atoms with Gasteiger partial charge in [0.2, 0.25) is 5.91 Å². The van der Waals surface area contributed by atoms with E-state index in [2.05, 4.69) is 17.6 Å². The van der Waals surface area contributed by atoms with Crippen molar-refractivity contribution in [2.24, 2.45) is 5.92 Å². The second-order valence-corrected chi connectivity index (χ2v) is 8.93. The molecule has 0 radical (unpaired) electrons. The minimum Gasteiger partial charge on any atom is -0.491 e. The number of benzene rings is 2. The molecule has 2 aromatic rings. The van der Waals surface area contributed by atoms with Crippen LogP contribution in [0.1, 0.15) is 43.0 Å². The van der Waals surface area contributed by atoms with Gasteiger partial charge in [-0.05, 0) is 61.9 Å². The summed E-state index contributed by atoms with van der Waals surface area (Å²) in [7, 11) is 0. The lowest BCUT2D eigenvalue weighted by Gasteiger charge is -2.30. The van der Waals surface area contributed by atoms with Gasteiger partial charge in [-0.2, -0.15) is 0 Å². The van der Waals surface area contributed by atoms with Gasteiger partial charge in [0.1, 0.15) is 12.4 Å². The van der Waals surface area contributed by atoms with Gasteiger partial charge in [-0.15, -0.1) is 0 Å². The second-order valence-electron chi connectivity index (χ2n) is 8.93. The molecule has 4 rings (SSSR count). The third-order valence-electron chi connectivity index (χ3n) is 6.21. The number of amides is 2. The highest BCUT2D eigenvalue weighted by Crippen LogP contribution is 2.21. The SMILES string of the molecule is CC1CCN(C(=O)c2cccc(NC(=O)CNc3cccc(OCC4CCCO4)c3)c2)CC1. The highest BCUT2D eigenvalue weighted by molar-refractivity contribution is 5.98. The van der Waals surface area contributed by atoms with Crippen LogP contribution in [0.15, 0.2) is 48.5 Å². The summed E-state index contributed by atoms with van der Waals surface area (Å²) in [5, 5.41) is 6.00. The van der Waals surface area contributed by atoms with E-state index in [9.17, 15) is 9.59 Å². The van der Waals surface area contributed by atoms with E-state index in [-0.39, 0.29) is 24.5 Å². The maximum atomic E-state index is 12.8.